The number of hydrogen-bond donors (Lipinski definition) is 1. The Hall–Kier alpha value is -1.59. The first-order valence-electron chi connectivity index (χ1n) is 6.83. The van der Waals surface area contributed by atoms with Crippen LogP contribution in [0.5, 0.6) is 5.75 Å². The Kier molecular flexibility index (Phi) is 5.20. The third kappa shape index (κ3) is 3.19. The minimum Gasteiger partial charge on any atom is -0.493 e. The van der Waals surface area contributed by atoms with Crippen molar-refractivity contribution >= 4 is 11.6 Å². The maximum atomic E-state index is 14.4. The van der Waals surface area contributed by atoms with E-state index in [1.165, 1.54) is 6.07 Å². The van der Waals surface area contributed by atoms with Gasteiger partial charge in [0.25, 0.3) is 0 Å². The minimum absolute atomic E-state index is 0.108. The Bertz CT molecular complexity index is 615. The van der Waals surface area contributed by atoms with Crippen LogP contribution in [0.25, 0.3) is 0 Å². The van der Waals surface area contributed by atoms with Gasteiger partial charge >= 0.3 is 0 Å². The van der Waals surface area contributed by atoms with Crippen molar-refractivity contribution in [3.8, 4) is 5.75 Å². The molecule has 0 aliphatic heterocycles. The highest BCUT2D eigenvalue weighted by molar-refractivity contribution is 6.30. The molecule has 0 saturated carbocycles. The van der Waals surface area contributed by atoms with E-state index in [1.807, 2.05) is 0 Å². The van der Waals surface area contributed by atoms with Gasteiger partial charge in [-0.05, 0) is 19.0 Å². The van der Waals surface area contributed by atoms with Crippen LogP contribution < -0.4 is 10.1 Å². The van der Waals surface area contributed by atoms with Gasteiger partial charge in [0.15, 0.2) is 5.75 Å². The molecule has 0 fully saturated rings. The van der Waals surface area contributed by atoms with Gasteiger partial charge < -0.3 is 10.1 Å². The van der Waals surface area contributed by atoms with Crippen LogP contribution in [0.4, 0.5) is 4.39 Å². The summed E-state index contributed by atoms with van der Waals surface area (Å²) in [4.78, 5) is 0. The lowest BCUT2D eigenvalue weighted by atomic mass is 10.0. The van der Waals surface area contributed by atoms with Crippen molar-refractivity contribution in [2.45, 2.75) is 19.4 Å². The highest BCUT2D eigenvalue weighted by atomic mass is 35.5. The van der Waals surface area contributed by atoms with Crippen molar-refractivity contribution in [2.75, 3.05) is 13.7 Å². The van der Waals surface area contributed by atoms with E-state index >= 15 is 0 Å². The summed E-state index contributed by atoms with van der Waals surface area (Å²) in [5.41, 5.74) is 1.25. The summed E-state index contributed by atoms with van der Waals surface area (Å²) in [5, 5.41) is 7.63. The molecule has 1 atom stereocenters. The first-order valence-corrected chi connectivity index (χ1v) is 7.21. The molecule has 1 aromatic carbocycles. The van der Waals surface area contributed by atoms with Gasteiger partial charge in [-0.1, -0.05) is 30.7 Å². The summed E-state index contributed by atoms with van der Waals surface area (Å²) >= 11 is 5.91. The first-order chi connectivity index (χ1) is 10.1. The zero-order chi connectivity index (χ0) is 15.4. The summed E-state index contributed by atoms with van der Waals surface area (Å²) in [6.07, 6.45) is 2.55. The lowest BCUT2D eigenvalue weighted by Crippen LogP contribution is -2.26. The lowest BCUT2D eigenvalue weighted by Gasteiger charge is -2.21. The Morgan fingerprint density at radius 1 is 1.48 bits per heavy atom. The second-order valence-electron chi connectivity index (χ2n) is 4.75. The molecule has 114 valence electrons. The van der Waals surface area contributed by atoms with Crippen LogP contribution in [0, 0.1) is 5.82 Å². The van der Waals surface area contributed by atoms with E-state index in [-0.39, 0.29) is 11.1 Å². The van der Waals surface area contributed by atoms with Gasteiger partial charge in [-0.3, -0.25) is 4.68 Å². The van der Waals surface area contributed by atoms with E-state index in [9.17, 15) is 4.39 Å². The Morgan fingerprint density at radius 2 is 2.24 bits per heavy atom. The molecule has 0 aliphatic rings. The first kappa shape index (κ1) is 15.8. The monoisotopic (exact) mass is 311 g/mol. The molecular weight excluding hydrogens is 293 g/mol. The van der Waals surface area contributed by atoms with Crippen LogP contribution in [0.1, 0.15) is 30.6 Å². The molecule has 1 N–H and O–H groups in total. The molecule has 1 unspecified atom stereocenters. The number of methoxy groups -OCH3 is 1. The Labute approximate surface area is 128 Å². The molecule has 0 saturated heterocycles. The maximum Gasteiger partial charge on any atom is 0.161 e. The molecule has 0 bridgehead atoms. The third-order valence-corrected chi connectivity index (χ3v) is 3.63. The summed E-state index contributed by atoms with van der Waals surface area (Å²) in [6.45, 7) is 2.80. The molecule has 2 rings (SSSR count). The highest BCUT2D eigenvalue weighted by Gasteiger charge is 2.25. The fraction of sp³-hybridized carbons (Fsp3) is 0.400. The van der Waals surface area contributed by atoms with E-state index < -0.39 is 5.82 Å². The van der Waals surface area contributed by atoms with Crippen LogP contribution in [0.15, 0.2) is 24.4 Å². The van der Waals surface area contributed by atoms with Gasteiger partial charge in [0, 0.05) is 12.6 Å². The zero-order valence-corrected chi connectivity index (χ0v) is 13.1. The molecule has 0 radical (unpaired) electrons. The number of ether oxygens (including phenoxy) is 1. The number of halogens is 2. The van der Waals surface area contributed by atoms with Crippen molar-refractivity contribution < 1.29 is 9.13 Å². The third-order valence-electron chi connectivity index (χ3n) is 3.33. The van der Waals surface area contributed by atoms with Crippen LogP contribution in [-0.2, 0) is 7.05 Å². The van der Waals surface area contributed by atoms with Gasteiger partial charge in [-0.25, -0.2) is 4.39 Å². The predicted molar refractivity (Wildman–Crippen MR) is 81.3 cm³/mol. The Morgan fingerprint density at radius 3 is 2.90 bits per heavy atom. The molecule has 21 heavy (non-hydrogen) atoms. The van der Waals surface area contributed by atoms with Gasteiger partial charge in [0.2, 0.25) is 0 Å². The predicted octanol–water partition coefficient (Wildman–Crippen LogP) is 3.31. The minimum atomic E-state index is -0.420. The standard InChI is InChI=1S/C15H19ClFN3O/c1-4-8-18-14(10-6-5-7-11(16)13(10)17)15-12(21-3)9-19-20(15)2/h5-7,9,14,18H,4,8H2,1-3H3. The zero-order valence-electron chi connectivity index (χ0n) is 12.4. The number of aryl methyl sites for hydroxylation is 1. The number of benzene rings is 1. The smallest absolute Gasteiger partial charge is 0.161 e. The molecule has 4 nitrogen and oxygen atoms in total. The fourth-order valence-electron chi connectivity index (χ4n) is 2.30. The fourth-order valence-corrected chi connectivity index (χ4v) is 2.48. The van der Waals surface area contributed by atoms with E-state index in [0.717, 1.165) is 18.7 Å². The largest absolute Gasteiger partial charge is 0.493 e. The van der Waals surface area contributed by atoms with E-state index in [4.69, 9.17) is 16.3 Å². The average Bonchev–Trinajstić information content (AvgIpc) is 2.85. The van der Waals surface area contributed by atoms with Crippen molar-refractivity contribution in [1.82, 2.24) is 15.1 Å². The van der Waals surface area contributed by atoms with Gasteiger partial charge in [-0.15, -0.1) is 0 Å². The van der Waals surface area contributed by atoms with E-state index in [0.29, 0.717) is 11.3 Å². The second kappa shape index (κ2) is 6.91. The molecule has 0 spiro atoms. The van der Waals surface area contributed by atoms with Crippen LogP contribution in [0.2, 0.25) is 5.02 Å². The SMILES string of the molecule is CCCNC(c1cccc(Cl)c1F)c1c(OC)cnn1C. The quantitative estimate of drug-likeness (QED) is 0.889. The van der Waals surface area contributed by atoms with Gasteiger partial charge in [0.05, 0.1) is 24.4 Å². The van der Waals surface area contributed by atoms with Crippen molar-refractivity contribution in [1.29, 1.82) is 0 Å². The number of nitrogens with one attached hydrogen (secondary N) is 1. The van der Waals surface area contributed by atoms with Crippen molar-refractivity contribution in [3.05, 3.63) is 46.5 Å². The molecule has 1 heterocycles. The maximum absolute atomic E-state index is 14.4. The normalized spacial score (nSPS) is 12.4. The summed E-state index contributed by atoms with van der Waals surface area (Å²) in [6, 6.07) is 4.63. The van der Waals surface area contributed by atoms with E-state index in [2.05, 4.69) is 17.3 Å². The van der Waals surface area contributed by atoms with Crippen molar-refractivity contribution in [2.24, 2.45) is 7.05 Å². The number of hydrogen-bond acceptors (Lipinski definition) is 3. The van der Waals surface area contributed by atoms with Crippen molar-refractivity contribution in [3.63, 3.8) is 0 Å². The number of aromatic nitrogens is 2. The summed E-state index contributed by atoms with van der Waals surface area (Å²) in [7, 11) is 3.38. The number of nitrogens with zero attached hydrogens (tertiary/aromatic N) is 2. The highest BCUT2D eigenvalue weighted by Crippen LogP contribution is 2.32. The van der Waals surface area contributed by atoms with Gasteiger partial charge in [-0.2, -0.15) is 5.10 Å². The Balaban J connectivity index is 2.52. The topological polar surface area (TPSA) is 39.1 Å². The number of rotatable bonds is 6. The lowest BCUT2D eigenvalue weighted by molar-refractivity contribution is 0.399. The molecule has 0 amide bonds. The van der Waals surface area contributed by atoms with E-state index in [1.54, 1.807) is 37.2 Å². The molecule has 6 heteroatoms. The average molecular weight is 312 g/mol. The summed E-state index contributed by atoms with van der Waals surface area (Å²) < 4.78 is 21.4. The second-order valence-corrected chi connectivity index (χ2v) is 5.16. The molecule has 2 aromatic rings. The van der Waals surface area contributed by atoms with Crippen LogP contribution in [0.3, 0.4) is 0 Å². The molecule has 1 aromatic heterocycles. The molecular formula is C15H19ClFN3O. The summed E-state index contributed by atoms with van der Waals surface area (Å²) in [5.74, 6) is 0.196. The van der Waals surface area contributed by atoms with Gasteiger partial charge in [0.1, 0.15) is 11.5 Å². The van der Waals surface area contributed by atoms with Crippen LogP contribution >= 0.6 is 11.6 Å². The molecule has 0 aliphatic carbocycles. The van der Waals surface area contributed by atoms with Crippen LogP contribution in [-0.4, -0.2) is 23.4 Å².